The first-order valence-corrected chi connectivity index (χ1v) is 13.6. The molecule has 8 nitrogen and oxygen atoms in total. The Morgan fingerprint density at radius 1 is 1.09 bits per heavy atom. The molecule has 1 aliphatic rings. The van der Waals surface area contributed by atoms with Crippen molar-refractivity contribution >= 4 is 21.6 Å². The van der Waals surface area contributed by atoms with Gasteiger partial charge in [0, 0.05) is 25.6 Å². The minimum absolute atomic E-state index is 0.0915. The van der Waals surface area contributed by atoms with E-state index in [1.165, 1.54) is 4.31 Å². The van der Waals surface area contributed by atoms with Gasteiger partial charge < -0.3 is 19.5 Å². The van der Waals surface area contributed by atoms with Crippen LogP contribution in [0.25, 0.3) is 0 Å². The normalized spacial score (nSPS) is 12.8. The molecule has 0 atom stereocenters. The number of para-hydroxylation sites is 1. The summed E-state index contributed by atoms with van der Waals surface area (Å²) in [5.41, 5.74) is 1.63. The van der Waals surface area contributed by atoms with Gasteiger partial charge in [0.25, 0.3) is 0 Å². The van der Waals surface area contributed by atoms with Crippen molar-refractivity contribution in [2.45, 2.75) is 39.0 Å². The second-order valence-electron chi connectivity index (χ2n) is 8.18. The van der Waals surface area contributed by atoms with Crippen LogP contribution < -0.4 is 23.8 Å². The van der Waals surface area contributed by atoms with Gasteiger partial charge in [-0.1, -0.05) is 25.1 Å². The SMILES string of the molecule is CCCOc1ccccc1CCCNC(=O)CCCN(c1ccc2c(c1)OCCO2)S(C)(=O)=O. The molecule has 1 N–H and O–H groups in total. The molecule has 0 spiro atoms. The van der Waals surface area contributed by atoms with Gasteiger partial charge in [0.05, 0.1) is 18.6 Å². The third-order valence-electron chi connectivity index (χ3n) is 5.36. The summed E-state index contributed by atoms with van der Waals surface area (Å²) in [6.07, 6.45) is 4.37. The summed E-state index contributed by atoms with van der Waals surface area (Å²) in [6.45, 7) is 4.41. The van der Waals surface area contributed by atoms with Crippen molar-refractivity contribution < 1.29 is 27.4 Å². The van der Waals surface area contributed by atoms with E-state index in [1.807, 2.05) is 24.3 Å². The van der Waals surface area contributed by atoms with Crippen molar-refractivity contribution in [1.82, 2.24) is 5.32 Å². The van der Waals surface area contributed by atoms with E-state index in [-0.39, 0.29) is 18.9 Å². The van der Waals surface area contributed by atoms with Gasteiger partial charge in [0.15, 0.2) is 11.5 Å². The molecule has 0 saturated heterocycles. The third-order valence-corrected chi connectivity index (χ3v) is 6.55. The highest BCUT2D eigenvalue weighted by atomic mass is 32.2. The van der Waals surface area contributed by atoms with Crippen molar-refractivity contribution in [2.24, 2.45) is 0 Å². The fourth-order valence-corrected chi connectivity index (χ4v) is 4.67. The lowest BCUT2D eigenvalue weighted by molar-refractivity contribution is -0.121. The smallest absolute Gasteiger partial charge is 0.232 e. The number of carbonyl (C=O) groups excluding carboxylic acids is 1. The molecule has 186 valence electrons. The van der Waals surface area contributed by atoms with Crippen molar-refractivity contribution in [3.8, 4) is 17.2 Å². The third kappa shape index (κ3) is 7.55. The van der Waals surface area contributed by atoms with Gasteiger partial charge in [0.2, 0.25) is 15.9 Å². The van der Waals surface area contributed by atoms with Crippen molar-refractivity contribution in [2.75, 3.05) is 43.5 Å². The predicted octanol–water partition coefficient (Wildman–Crippen LogP) is 3.54. The molecule has 2 aromatic rings. The number of carbonyl (C=O) groups is 1. The quantitative estimate of drug-likeness (QED) is 0.432. The first kappa shape index (κ1) is 25.7. The molecule has 1 amide bonds. The number of sulfonamides is 1. The number of hydrogen-bond acceptors (Lipinski definition) is 6. The molecule has 0 aromatic heterocycles. The molecule has 1 aliphatic heterocycles. The van der Waals surface area contributed by atoms with Gasteiger partial charge in [-0.2, -0.15) is 0 Å². The van der Waals surface area contributed by atoms with Crippen LogP contribution in [0.15, 0.2) is 42.5 Å². The number of benzene rings is 2. The van der Waals surface area contributed by atoms with Crippen LogP contribution in [0.3, 0.4) is 0 Å². The molecular weight excluding hydrogens is 456 g/mol. The standard InChI is InChI=1S/C25H34N2O6S/c1-3-16-31-22-10-5-4-8-20(22)9-6-14-26-25(28)11-7-15-27(34(2,29)30)21-12-13-23-24(19-21)33-18-17-32-23/h4-5,8,10,12-13,19H,3,6-7,9,11,14-18H2,1-2H3,(H,26,28). The number of rotatable bonds is 13. The minimum atomic E-state index is -3.51. The largest absolute Gasteiger partial charge is 0.493 e. The average Bonchev–Trinajstić information content (AvgIpc) is 2.82. The number of anilines is 1. The van der Waals surface area contributed by atoms with Crippen molar-refractivity contribution in [3.05, 3.63) is 48.0 Å². The first-order valence-electron chi connectivity index (χ1n) is 11.7. The molecule has 0 fully saturated rings. The average molecular weight is 491 g/mol. The Labute approximate surface area is 202 Å². The van der Waals surface area contributed by atoms with Gasteiger partial charge in [-0.05, 0) is 49.4 Å². The molecule has 0 unspecified atom stereocenters. The Morgan fingerprint density at radius 2 is 1.85 bits per heavy atom. The number of hydrogen-bond donors (Lipinski definition) is 1. The van der Waals surface area contributed by atoms with E-state index < -0.39 is 10.0 Å². The van der Waals surface area contributed by atoms with Gasteiger partial charge in [-0.25, -0.2) is 8.42 Å². The second-order valence-corrected chi connectivity index (χ2v) is 10.1. The van der Waals surface area contributed by atoms with Crippen LogP contribution in [0.2, 0.25) is 0 Å². The molecule has 0 aliphatic carbocycles. The number of nitrogens with zero attached hydrogens (tertiary/aromatic N) is 1. The zero-order valence-corrected chi connectivity index (χ0v) is 20.7. The maximum atomic E-state index is 12.4. The van der Waals surface area contributed by atoms with Crippen LogP contribution in [0.1, 0.15) is 38.2 Å². The van der Waals surface area contributed by atoms with Crippen LogP contribution in [0.5, 0.6) is 17.2 Å². The van der Waals surface area contributed by atoms with Crippen LogP contribution in [0, 0.1) is 0 Å². The number of nitrogens with one attached hydrogen (secondary N) is 1. The van der Waals surface area contributed by atoms with E-state index in [1.54, 1.807) is 18.2 Å². The van der Waals surface area contributed by atoms with Gasteiger partial charge >= 0.3 is 0 Å². The highest BCUT2D eigenvalue weighted by Crippen LogP contribution is 2.34. The fraction of sp³-hybridized carbons (Fsp3) is 0.480. The lowest BCUT2D eigenvalue weighted by Crippen LogP contribution is -2.32. The molecule has 0 radical (unpaired) electrons. The van der Waals surface area contributed by atoms with Crippen LogP contribution in [-0.4, -0.2) is 53.5 Å². The molecule has 9 heteroatoms. The Hall–Kier alpha value is -2.94. The summed E-state index contributed by atoms with van der Waals surface area (Å²) < 4.78 is 42.9. The van der Waals surface area contributed by atoms with Crippen LogP contribution in [0.4, 0.5) is 5.69 Å². The van der Waals surface area contributed by atoms with Crippen molar-refractivity contribution in [3.63, 3.8) is 0 Å². The Morgan fingerprint density at radius 3 is 2.62 bits per heavy atom. The van der Waals surface area contributed by atoms with Gasteiger partial charge in [0.1, 0.15) is 19.0 Å². The zero-order valence-electron chi connectivity index (χ0n) is 19.9. The molecule has 2 aromatic carbocycles. The summed E-state index contributed by atoms with van der Waals surface area (Å²) in [4.78, 5) is 12.3. The van der Waals surface area contributed by atoms with Crippen molar-refractivity contribution in [1.29, 1.82) is 0 Å². The number of amides is 1. The van der Waals surface area contributed by atoms with E-state index >= 15 is 0 Å². The van der Waals surface area contributed by atoms with E-state index in [0.29, 0.717) is 50.0 Å². The van der Waals surface area contributed by atoms with E-state index in [0.717, 1.165) is 36.8 Å². The topological polar surface area (TPSA) is 94.2 Å². The van der Waals surface area contributed by atoms with E-state index in [4.69, 9.17) is 14.2 Å². The maximum absolute atomic E-state index is 12.4. The predicted molar refractivity (Wildman–Crippen MR) is 132 cm³/mol. The maximum Gasteiger partial charge on any atom is 0.232 e. The van der Waals surface area contributed by atoms with Gasteiger partial charge in [-0.15, -0.1) is 0 Å². The minimum Gasteiger partial charge on any atom is -0.493 e. The summed E-state index contributed by atoms with van der Waals surface area (Å²) in [6, 6.07) is 13.0. The Bertz CT molecular complexity index is 1060. The molecule has 0 saturated carbocycles. The summed E-state index contributed by atoms with van der Waals surface area (Å²) in [5, 5.41) is 2.92. The number of fused-ring (bicyclic) bond motifs is 1. The highest BCUT2D eigenvalue weighted by molar-refractivity contribution is 7.92. The Balaban J connectivity index is 1.44. The second kappa shape index (κ2) is 12.5. The van der Waals surface area contributed by atoms with Gasteiger partial charge in [-0.3, -0.25) is 9.10 Å². The Kier molecular flexibility index (Phi) is 9.44. The lowest BCUT2D eigenvalue weighted by atomic mass is 10.1. The summed E-state index contributed by atoms with van der Waals surface area (Å²) in [5.74, 6) is 1.93. The molecule has 34 heavy (non-hydrogen) atoms. The molecule has 1 heterocycles. The number of aryl methyl sites for hydroxylation is 1. The molecular formula is C25H34N2O6S. The van der Waals surface area contributed by atoms with Crippen LogP contribution >= 0.6 is 0 Å². The molecule has 0 bridgehead atoms. The summed E-state index contributed by atoms with van der Waals surface area (Å²) in [7, 11) is -3.51. The zero-order chi connectivity index (χ0) is 24.4. The molecule has 3 rings (SSSR count). The summed E-state index contributed by atoms with van der Waals surface area (Å²) >= 11 is 0. The lowest BCUT2D eigenvalue weighted by Gasteiger charge is -2.25. The highest BCUT2D eigenvalue weighted by Gasteiger charge is 2.21. The fourth-order valence-electron chi connectivity index (χ4n) is 3.72. The van der Waals surface area contributed by atoms with E-state index in [2.05, 4.69) is 12.2 Å². The first-order chi connectivity index (χ1) is 16.4. The van der Waals surface area contributed by atoms with E-state index in [9.17, 15) is 13.2 Å². The van der Waals surface area contributed by atoms with Crippen LogP contribution in [-0.2, 0) is 21.2 Å². The number of ether oxygens (including phenoxy) is 3. The monoisotopic (exact) mass is 490 g/mol.